The van der Waals surface area contributed by atoms with Crippen molar-refractivity contribution in [3.05, 3.63) is 12.1 Å². The van der Waals surface area contributed by atoms with Crippen molar-refractivity contribution in [2.75, 3.05) is 23.7 Å². The summed E-state index contributed by atoms with van der Waals surface area (Å²) in [5, 5.41) is 0. The van der Waals surface area contributed by atoms with Crippen LogP contribution >= 0.6 is 0 Å². The number of pyridine rings is 1. The number of nitrogens with zero attached hydrogens (tertiary/aromatic N) is 2. The molecule has 0 radical (unpaired) electrons. The molecule has 0 aliphatic carbocycles. The summed E-state index contributed by atoms with van der Waals surface area (Å²) in [6.45, 7) is 7.80. The Kier molecular flexibility index (Phi) is 3.24. The van der Waals surface area contributed by atoms with Crippen LogP contribution in [0.4, 0.5) is 11.5 Å². The van der Waals surface area contributed by atoms with E-state index in [-0.39, 0.29) is 5.60 Å². The van der Waals surface area contributed by atoms with Gasteiger partial charge in [0.05, 0.1) is 17.9 Å². The van der Waals surface area contributed by atoms with E-state index in [1.54, 1.807) is 0 Å². The standard InChI is InChI=1S/C15H23N3O2/c1-15(2,3)20-14-12(16)6-7-13(17-14)18-8-10-4-5-11(9-18)19-10/h6-7,10-11H,4-5,8-9,16H2,1-3H3. The normalized spacial score (nSPS) is 25.9. The van der Waals surface area contributed by atoms with Gasteiger partial charge in [0.25, 0.3) is 0 Å². The van der Waals surface area contributed by atoms with Gasteiger partial charge in [0.1, 0.15) is 11.4 Å². The van der Waals surface area contributed by atoms with Gasteiger partial charge in [0.15, 0.2) is 0 Å². The maximum atomic E-state index is 5.96. The number of ether oxygens (including phenoxy) is 2. The van der Waals surface area contributed by atoms with E-state index in [0.29, 0.717) is 23.8 Å². The largest absolute Gasteiger partial charge is 0.470 e. The van der Waals surface area contributed by atoms with Gasteiger partial charge >= 0.3 is 0 Å². The maximum absolute atomic E-state index is 5.96. The van der Waals surface area contributed by atoms with Gasteiger partial charge in [0, 0.05) is 13.1 Å². The number of nitrogen functional groups attached to an aromatic ring is 1. The van der Waals surface area contributed by atoms with Crippen molar-refractivity contribution in [3.8, 4) is 5.88 Å². The molecule has 0 aromatic carbocycles. The van der Waals surface area contributed by atoms with E-state index in [1.807, 2.05) is 32.9 Å². The molecule has 20 heavy (non-hydrogen) atoms. The molecule has 0 amide bonds. The van der Waals surface area contributed by atoms with Crippen LogP contribution < -0.4 is 15.4 Å². The highest BCUT2D eigenvalue weighted by Crippen LogP contribution is 2.31. The van der Waals surface area contributed by atoms with E-state index in [1.165, 1.54) is 0 Å². The number of morpholine rings is 1. The summed E-state index contributed by atoms with van der Waals surface area (Å²) in [4.78, 5) is 6.88. The summed E-state index contributed by atoms with van der Waals surface area (Å²) in [6, 6.07) is 3.84. The predicted molar refractivity (Wildman–Crippen MR) is 79.1 cm³/mol. The smallest absolute Gasteiger partial charge is 0.239 e. The van der Waals surface area contributed by atoms with E-state index in [4.69, 9.17) is 15.2 Å². The van der Waals surface area contributed by atoms with E-state index in [9.17, 15) is 0 Å². The lowest BCUT2D eigenvalue weighted by molar-refractivity contribution is 0.0301. The van der Waals surface area contributed by atoms with E-state index >= 15 is 0 Å². The van der Waals surface area contributed by atoms with Crippen molar-refractivity contribution < 1.29 is 9.47 Å². The van der Waals surface area contributed by atoms with Crippen LogP contribution in [0.1, 0.15) is 33.6 Å². The minimum atomic E-state index is -0.302. The van der Waals surface area contributed by atoms with Crippen molar-refractivity contribution in [1.82, 2.24) is 4.98 Å². The lowest BCUT2D eigenvalue weighted by Crippen LogP contribution is -2.43. The zero-order valence-electron chi connectivity index (χ0n) is 12.4. The third kappa shape index (κ3) is 2.82. The first-order valence-corrected chi connectivity index (χ1v) is 7.27. The van der Waals surface area contributed by atoms with E-state index < -0.39 is 0 Å². The molecule has 5 heteroatoms. The fourth-order valence-corrected chi connectivity index (χ4v) is 2.79. The van der Waals surface area contributed by atoms with Crippen LogP contribution in [-0.2, 0) is 4.74 Å². The zero-order valence-corrected chi connectivity index (χ0v) is 12.4. The molecule has 1 aromatic rings. The van der Waals surface area contributed by atoms with E-state index in [2.05, 4.69) is 9.88 Å². The molecule has 0 spiro atoms. The topological polar surface area (TPSA) is 60.6 Å². The minimum absolute atomic E-state index is 0.302. The van der Waals surface area contributed by atoms with Gasteiger partial charge < -0.3 is 20.1 Å². The van der Waals surface area contributed by atoms with Crippen LogP contribution in [0.3, 0.4) is 0 Å². The molecule has 2 unspecified atom stereocenters. The Morgan fingerprint density at radius 2 is 1.90 bits per heavy atom. The number of hydrogen-bond donors (Lipinski definition) is 1. The molecular formula is C15H23N3O2. The highest BCUT2D eigenvalue weighted by atomic mass is 16.5. The van der Waals surface area contributed by atoms with Gasteiger partial charge in [-0.15, -0.1) is 0 Å². The molecule has 2 atom stereocenters. The molecule has 2 bridgehead atoms. The van der Waals surface area contributed by atoms with Crippen LogP contribution in [-0.4, -0.2) is 35.9 Å². The number of anilines is 2. The van der Waals surface area contributed by atoms with Crippen LogP contribution in [0, 0.1) is 0 Å². The summed E-state index contributed by atoms with van der Waals surface area (Å²) >= 11 is 0. The van der Waals surface area contributed by atoms with Gasteiger partial charge in [0.2, 0.25) is 5.88 Å². The zero-order chi connectivity index (χ0) is 14.3. The molecule has 5 nitrogen and oxygen atoms in total. The highest BCUT2D eigenvalue weighted by Gasteiger charge is 2.34. The molecule has 1 aromatic heterocycles. The number of rotatable bonds is 2. The fraction of sp³-hybridized carbons (Fsp3) is 0.667. The first kappa shape index (κ1) is 13.5. The molecule has 2 aliphatic rings. The first-order valence-electron chi connectivity index (χ1n) is 7.27. The second kappa shape index (κ2) is 4.81. The van der Waals surface area contributed by atoms with Crippen LogP contribution in [0.2, 0.25) is 0 Å². The molecule has 3 rings (SSSR count). The number of fused-ring (bicyclic) bond motifs is 2. The number of hydrogen-bond acceptors (Lipinski definition) is 5. The SMILES string of the molecule is CC(C)(C)Oc1nc(N2CC3CCC(C2)O3)ccc1N. The molecule has 2 saturated heterocycles. The summed E-state index contributed by atoms with van der Waals surface area (Å²) < 4.78 is 11.7. The van der Waals surface area contributed by atoms with Gasteiger partial charge in [-0.1, -0.05) is 0 Å². The molecule has 2 fully saturated rings. The number of nitrogens with two attached hydrogens (primary N) is 1. The lowest BCUT2D eigenvalue weighted by Gasteiger charge is -2.33. The fourth-order valence-electron chi connectivity index (χ4n) is 2.79. The summed E-state index contributed by atoms with van der Waals surface area (Å²) in [5.41, 5.74) is 6.24. The van der Waals surface area contributed by atoms with Gasteiger partial charge in [-0.05, 0) is 45.7 Å². The second-order valence-corrected chi connectivity index (χ2v) is 6.64. The molecule has 110 valence electrons. The van der Waals surface area contributed by atoms with Gasteiger partial charge in [-0.2, -0.15) is 4.98 Å². The average Bonchev–Trinajstić information content (AvgIpc) is 2.69. The Balaban J connectivity index is 1.82. The Hall–Kier alpha value is -1.49. The summed E-state index contributed by atoms with van der Waals surface area (Å²) in [6.07, 6.45) is 3.00. The van der Waals surface area contributed by atoms with Crippen molar-refractivity contribution >= 4 is 11.5 Å². The monoisotopic (exact) mass is 277 g/mol. The Morgan fingerprint density at radius 1 is 1.25 bits per heavy atom. The van der Waals surface area contributed by atoms with Crippen LogP contribution in [0.25, 0.3) is 0 Å². The lowest BCUT2D eigenvalue weighted by atomic mass is 10.2. The van der Waals surface area contributed by atoms with E-state index in [0.717, 1.165) is 31.7 Å². The molecule has 2 N–H and O–H groups in total. The third-order valence-electron chi connectivity index (χ3n) is 3.65. The molecule has 3 heterocycles. The van der Waals surface area contributed by atoms with Gasteiger partial charge in [-0.3, -0.25) is 0 Å². The van der Waals surface area contributed by atoms with Crippen LogP contribution in [0.5, 0.6) is 5.88 Å². The van der Waals surface area contributed by atoms with Crippen LogP contribution in [0.15, 0.2) is 12.1 Å². The molecule has 0 saturated carbocycles. The van der Waals surface area contributed by atoms with Crippen molar-refractivity contribution in [2.45, 2.75) is 51.4 Å². The average molecular weight is 277 g/mol. The Bertz CT molecular complexity index is 486. The highest BCUT2D eigenvalue weighted by molar-refractivity contribution is 5.55. The summed E-state index contributed by atoms with van der Waals surface area (Å²) in [7, 11) is 0. The molecule has 2 aliphatic heterocycles. The van der Waals surface area contributed by atoms with Crippen molar-refractivity contribution in [3.63, 3.8) is 0 Å². The first-order chi connectivity index (χ1) is 9.40. The number of aromatic nitrogens is 1. The Labute approximate surface area is 120 Å². The predicted octanol–water partition coefficient (Wildman–Crippen LogP) is 2.21. The quantitative estimate of drug-likeness (QED) is 0.898. The van der Waals surface area contributed by atoms with Gasteiger partial charge in [-0.25, -0.2) is 0 Å². The van der Waals surface area contributed by atoms with Crippen molar-refractivity contribution in [1.29, 1.82) is 0 Å². The molecular weight excluding hydrogens is 254 g/mol. The Morgan fingerprint density at radius 3 is 2.50 bits per heavy atom. The minimum Gasteiger partial charge on any atom is -0.470 e. The van der Waals surface area contributed by atoms with Crippen molar-refractivity contribution in [2.24, 2.45) is 0 Å². The second-order valence-electron chi connectivity index (χ2n) is 6.64. The maximum Gasteiger partial charge on any atom is 0.239 e. The summed E-state index contributed by atoms with van der Waals surface area (Å²) in [5.74, 6) is 1.45. The third-order valence-corrected chi connectivity index (χ3v) is 3.65.